The minimum Gasteiger partial charge on any atom is -0.463 e. The Balaban J connectivity index is 2.56. The summed E-state index contributed by atoms with van der Waals surface area (Å²) in [6.07, 6.45) is 6.46. The van der Waals surface area contributed by atoms with Gasteiger partial charge in [0.15, 0.2) is 5.75 Å². The molecule has 0 N–H and O–H groups in total. The van der Waals surface area contributed by atoms with E-state index in [4.69, 9.17) is 4.74 Å². The van der Waals surface area contributed by atoms with E-state index in [1.807, 2.05) is 13.8 Å². The zero-order chi connectivity index (χ0) is 17.6. The van der Waals surface area contributed by atoms with Crippen LogP contribution < -0.4 is 9.04 Å². The lowest BCUT2D eigenvalue weighted by Gasteiger charge is -2.22. The van der Waals surface area contributed by atoms with E-state index in [1.165, 1.54) is 16.8 Å². The molecule has 0 aliphatic carbocycles. The first-order chi connectivity index (χ1) is 11.5. The summed E-state index contributed by atoms with van der Waals surface area (Å²) in [5.74, 6) is 0.462. The number of allylic oxidation sites excluding steroid dienone is 2. The number of para-hydroxylation sites is 2. The Morgan fingerprint density at radius 1 is 0.958 bits per heavy atom. The molecular formula is C19H21NO3S. The number of hydrogen-bond acceptors (Lipinski definition) is 3. The highest BCUT2D eigenvalue weighted by Gasteiger charge is 2.25. The van der Waals surface area contributed by atoms with Crippen molar-refractivity contribution in [3.63, 3.8) is 0 Å². The van der Waals surface area contributed by atoms with Crippen LogP contribution in [0.4, 0.5) is 5.69 Å². The third-order valence-corrected chi connectivity index (χ3v) is 5.00. The lowest BCUT2D eigenvalue weighted by atomic mass is 10.2. The van der Waals surface area contributed by atoms with Crippen molar-refractivity contribution >= 4 is 15.7 Å². The maximum atomic E-state index is 13.1. The normalized spacial score (nSPS) is 12.0. The van der Waals surface area contributed by atoms with Gasteiger partial charge >= 0.3 is 0 Å². The Labute approximate surface area is 143 Å². The summed E-state index contributed by atoms with van der Waals surface area (Å²) in [5.41, 5.74) is 1.46. The van der Waals surface area contributed by atoms with Gasteiger partial charge in [-0.1, -0.05) is 42.0 Å². The van der Waals surface area contributed by atoms with E-state index in [0.29, 0.717) is 11.4 Å². The number of rotatable bonds is 6. The average Bonchev–Trinajstić information content (AvgIpc) is 2.58. The summed E-state index contributed by atoms with van der Waals surface area (Å²) in [5, 5.41) is 0. The molecule has 0 aliphatic heterocycles. The summed E-state index contributed by atoms with van der Waals surface area (Å²) < 4.78 is 32.9. The number of ether oxygens (including phenoxy) is 1. The van der Waals surface area contributed by atoms with Gasteiger partial charge in [0.25, 0.3) is 10.0 Å². The Morgan fingerprint density at radius 2 is 1.62 bits per heavy atom. The second-order valence-electron chi connectivity index (χ2n) is 5.15. The standard InChI is InChI=1S/C19H21NO3S/c1-4-14-20(18-8-6-7-9-19(18)23-15-5-2)24(21,22)17-12-10-16(3)11-13-17/h4-15H,1-3H3/b14-4-,15-5+. The molecule has 0 aromatic heterocycles. The molecule has 0 amide bonds. The fourth-order valence-electron chi connectivity index (χ4n) is 2.13. The zero-order valence-electron chi connectivity index (χ0n) is 14.0. The van der Waals surface area contributed by atoms with Crippen molar-refractivity contribution in [3.8, 4) is 5.75 Å². The number of benzene rings is 2. The fourth-order valence-corrected chi connectivity index (χ4v) is 3.53. The van der Waals surface area contributed by atoms with E-state index in [0.717, 1.165) is 5.56 Å². The second-order valence-corrected chi connectivity index (χ2v) is 6.97. The van der Waals surface area contributed by atoms with Gasteiger partial charge in [-0.2, -0.15) is 0 Å². The quantitative estimate of drug-likeness (QED) is 0.718. The number of aryl methyl sites for hydroxylation is 1. The van der Waals surface area contributed by atoms with Gasteiger partial charge in [0, 0.05) is 6.20 Å². The fraction of sp³-hybridized carbons (Fsp3) is 0.158. The third kappa shape index (κ3) is 3.86. The molecule has 0 saturated carbocycles. The van der Waals surface area contributed by atoms with Gasteiger partial charge in [-0.25, -0.2) is 12.7 Å². The molecule has 0 saturated heterocycles. The third-order valence-electron chi connectivity index (χ3n) is 3.30. The molecule has 2 aromatic rings. The molecule has 126 valence electrons. The van der Waals surface area contributed by atoms with Crippen molar-refractivity contribution in [2.24, 2.45) is 0 Å². The number of nitrogens with zero attached hydrogens (tertiary/aromatic N) is 1. The highest BCUT2D eigenvalue weighted by atomic mass is 32.2. The Morgan fingerprint density at radius 3 is 2.25 bits per heavy atom. The molecule has 0 fully saturated rings. The first kappa shape index (κ1) is 17.8. The minimum absolute atomic E-state index is 0.229. The van der Waals surface area contributed by atoms with Crippen LogP contribution in [0.15, 0.2) is 78.0 Å². The van der Waals surface area contributed by atoms with E-state index in [1.54, 1.807) is 67.6 Å². The van der Waals surface area contributed by atoms with Crippen LogP contribution in [0.25, 0.3) is 0 Å². The molecule has 5 heteroatoms. The molecular weight excluding hydrogens is 322 g/mol. The Hall–Kier alpha value is -2.53. The molecule has 2 aromatic carbocycles. The first-order valence-electron chi connectivity index (χ1n) is 7.61. The molecule has 4 nitrogen and oxygen atoms in total. The van der Waals surface area contributed by atoms with E-state index in [2.05, 4.69) is 0 Å². The first-order valence-corrected chi connectivity index (χ1v) is 9.05. The molecule has 24 heavy (non-hydrogen) atoms. The highest BCUT2D eigenvalue weighted by molar-refractivity contribution is 7.93. The summed E-state index contributed by atoms with van der Waals surface area (Å²) in [4.78, 5) is 0.229. The molecule has 0 unspecified atom stereocenters. The van der Waals surface area contributed by atoms with Crippen LogP contribution in [0.3, 0.4) is 0 Å². The maximum Gasteiger partial charge on any atom is 0.268 e. The van der Waals surface area contributed by atoms with Crippen LogP contribution in [0.2, 0.25) is 0 Å². The Kier molecular flexibility index (Phi) is 5.82. The maximum absolute atomic E-state index is 13.1. The lowest BCUT2D eigenvalue weighted by molar-refractivity contribution is 0.481. The van der Waals surface area contributed by atoms with E-state index < -0.39 is 10.0 Å². The Bertz CT molecular complexity index is 837. The molecule has 0 bridgehead atoms. The van der Waals surface area contributed by atoms with Crippen LogP contribution in [0.1, 0.15) is 19.4 Å². The zero-order valence-corrected chi connectivity index (χ0v) is 14.8. The van der Waals surface area contributed by atoms with Crippen molar-refractivity contribution < 1.29 is 13.2 Å². The van der Waals surface area contributed by atoms with Crippen molar-refractivity contribution in [1.82, 2.24) is 0 Å². The van der Waals surface area contributed by atoms with Gasteiger partial charge in [-0.05, 0) is 45.0 Å². The van der Waals surface area contributed by atoms with Crippen molar-refractivity contribution in [1.29, 1.82) is 0 Å². The van der Waals surface area contributed by atoms with Gasteiger partial charge in [-0.3, -0.25) is 0 Å². The van der Waals surface area contributed by atoms with Crippen LogP contribution in [-0.2, 0) is 10.0 Å². The second kappa shape index (κ2) is 7.84. The van der Waals surface area contributed by atoms with Crippen LogP contribution >= 0.6 is 0 Å². The minimum atomic E-state index is -3.74. The van der Waals surface area contributed by atoms with Gasteiger partial charge in [0.05, 0.1) is 16.8 Å². The van der Waals surface area contributed by atoms with Crippen LogP contribution in [0.5, 0.6) is 5.75 Å². The topological polar surface area (TPSA) is 46.6 Å². The molecule has 0 atom stereocenters. The van der Waals surface area contributed by atoms with E-state index >= 15 is 0 Å². The summed E-state index contributed by atoms with van der Waals surface area (Å²) in [7, 11) is -3.74. The monoisotopic (exact) mass is 343 g/mol. The summed E-state index contributed by atoms with van der Waals surface area (Å²) in [6, 6.07) is 13.8. The van der Waals surface area contributed by atoms with Crippen LogP contribution in [0, 0.1) is 6.92 Å². The van der Waals surface area contributed by atoms with Crippen molar-refractivity contribution in [3.05, 3.63) is 78.7 Å². The van der Waals surface area contributed by atoms with Crippen molar-refractivity contribution in [2.75, 3.05) is 4.31 Å². The number of sulfonamides is 1. The van der Waals surface area contributed by atoms with Gasteiger partial charge in [0.2, 0.25) is 0 Å². The molecule has 0 radical (unpaired) electrons. The number of anilines is 1. The lowest BCUT2D eigenvalue weighted by Crippen LogP contribution is -2.26. The average molecular weight is 343 g/mol. The number of hydrogen-bond donors (Lipinski definition) is 0. The SMILES string of the molecule is C/C=C\N(c1ccccc1O/C=C/C)S(=O)(=O)c1ccc(C)cc1. The van der Waals surface area contributed by atoms with Crippen molar-refractivity contribution in [2.45, 2.75) is 25.7 Å². The predicted molar refractivity (Wildman–Crippen MR) is 97.5 cm³/mol. The van der Waals surface area contributed by atoms with E-state index in [9.17, 15) is 8.42 Å². The smallest absolute Gasteiger partial charge is 0.268 e. The molecule has 0 heterocycles. The predicted octanol–water partition coefficient (Wildman–Crippen LogP) is 4.64. The highest BCUT2D eigenvalue weighted by Crippen LogP contribution is 2.33. The van der Waals surface area contributed by atoms with Gasteiger partial charge in [-0.15, -0.1) is 0 Å². The molecule has 0 aliphatic rings. The van der Waals surface area contributed by atoms with E-state index in [-0.39, 0.29) is 4.90 Å². The van der Waals surface area contributed by atoms with Gasteiger partial charge < -0.3 is 4.74 Å². The summed E-state index contributed by atoms with van der Waals surface area (Å²) in [6.45, 7) is 5.52. The van der Waals surface area contributed by atoms with Gasteiger partial charge in [0.1, 0.15) is 0 Å². The molecule has 2 rings (SSSR count). The largest absolute Gasteiger partial charge is 0.463 e. The summed E-state index contributed by atoms with van der Waals surface area (Å²) >= 11 is 0. The van der Waals surface area contributed by atoms with Crippen LogP contribution in [-0.4, -0.2) is 8.42 Å². The molecule has 0 spiro atoms.